The Labute approximate surface area is 176 Å². The topological polar surface area (TPSA) is 60.7 Å². The molecule has 0 bridgehead atoms. The molecule has 0 aliphatic heterocycles. The number of carbonyl (C=O) groups excluding carboxylic acids is 2. The molecule has 5 nitrogen and oxygen atoms in total. The van der Waals surface area contributed by atoms with E-state index in [1.807, 2.05) is 42.5 Å². The van der Waals surface area contributed by atoms with Gasteiger partial charge >= 0.3 is 5.97 Å². The number of esters is 1. The van der Waals surface area contributed by atoms with E-state index in [-0.39, 0.29) is 12.4 Å². The maximum Gasteiger partial charge on any atom is 0.340 e. The summed E-state index contributed by atoms with van der Waals surface area (Å²) in [5.41, 5.74) is 3.53. The summed E-state index contributed by atoms with van der Waals surface area (Å²) in [6.07, 6.45) is 3.50. The Kier molecular flexibility index (Phi) is 5.27. The molecule has 3 aromatic heterocycles. The summed E-state index contributed by atoms with van der Waals surface area (Å²) in [6, 6.07) is 18.1. The molecule has 6 heteroatoms. The number of hydrogen-bond donors (Lipinski definition) is 0. The lowest BCUT2D eigenvalue weighted by Gasteiger charge is -2.06. The minimum atomic E-state index is -0.460. The summed E-state index contributed by atoms with van der Waals surface area (Å²) in [4.78, 5) is 30.0. The molecule has 3 heterocycles. The highest BCUT2D eigenvalue weighted by Crippen LogP contribution is 2.26. The molecule has 0 radical (unpaired) electrons. The third kappa shape index (κ3) is 3.71. The molecule has 0 fully saturated rings. The summed E-state index contributed by atoms with van der Waals surface area (Å²) in [6.45, 7) is 2.01. The summed E-state index contributed by atoms with van der Waals surface area (Å²) >= 11 is 3.38. The minimum absolute atomic E-state index is 0.173. The van der Waals surface area contributed by atoms with E-state index in [1.165, 1.54) is 0 Å². The molecule has 0 saturated heterocycles. The van der Waals surface area contributed by atoms with Gasteiger partial charge in [0.25, 0.3) is 0 Å². The van der Waals surface area contributed by atoms with Gasteiger partial charge in [0.2, 0.25) is 5.78 Å². The van der Waals surface area contributed by atoms with Crippen LogP contribution in [-0.2, 0) is 4.74 Å². The van der Waals surface area contributed by atoms with Crippen LogP contribution in [0.3, 0.4) is 0 Å². The predicted octanol–water partition coefficient (Wildman–Crippen LogP) is 5.17. The van der Waals surface area contributed by atoms with Gasteiger partial charge in [-0.2, -0.15) is 0 Å². The molecule has 144 valence electrons. The van der Waals surface area contributed by atoms with Gasteiger partial charge in [0.15, 0.2) is 0 Å². The number of halogens is 1. The molecule has 0 spiro atoms. The molecule has 0 N–H and O–H groups in total. The van der Waals surface area contributed by atoms with E-state index < -0.39 is 5.97 Å². The van der Waals surface area contributed by atoms with Gasteiger partial charge in [-0.15, -0.1) is 0 Å². The minimum Gasteiger partial charge on any atom is -0.462 e. The van der Waals surface area contributed by atoms with Gasteiger partial charge in [-0.3, -0.25) is 9.78 Å². The molecule has 0 unspecified atom stereocenters. The van der Waals surface area contributed by atoms with Crippen molar-refractivity contribution in [3.05, 3.63) is 94.4 Å². The van der Waals surface area contributed by atoms with Crippen LogP contribution in [0, 0.1) is 0 Å². The first-order valence-corrected chi connectivity index (χ1v) is 9.91. The first-order chi connectivity index (χ1) is 14.1. The smallest absolute Gasteiger partial charge is 0.340 e. The third-order valence-corrected chi connectivity index (χ3v) is 5.10. The molecule has 1 aromatic carbocycles. The Balaban J connectivity index is 1.88. The van der Waals surface area contributed by atoms with E-state index in [9.17, 15) is 9.59 Å². The highest BCUT2D eigenvalue weighted by molar-refractivity contribution is 9.10. The maximum atomic E-state index is 13.1. The number of benzene rings is 1. The molecule has 0 aliphatic rings. The van der Waals surface area contributed by atoms with Crippen molar-refractivity contribution < 1.29 is 14.3 Å². The molecule has 0 amide bonds. The van der Waals surface area contributed by atoms with Crippen molar-refractivity contribution in [3.63, 3.8) is 0 Å². The van der Waals surface area contributed by atoms with Crippen LogP contribution >= 0.6 is 15.9 Å². The predicted molar refractivity (Wildman–Crippen MR) is 114 cm³/mol. The van der Waals surface area contributed by atoms with Crippen LogP contribution in [0.15, 0.2) is 77.5 Å². The fraction of sp³-hybridized carbons (Fsp3) is 0.0870. The van der Waals surface area contributed by atoms with Gasteiger partial charge < -0.3 is 9.14 Å². The zero-order valence-corrected chi connectivity index (χ0v) is 17.2. The number of hydrogen-bond acceptors (Lipinski definition) is 4. The second-order valence-corrected chi connectivity index (χ2v) is 7.30. The number of carbonyl (C=O) groups is 2. The summed E-state index contributed by atoms with van der Waals surface area (Å²) in [5.74, 6) is -0.633. The Morgan fingerprint density at radius 2 is 1.86 bits per heavy atom. The Hall–Kier alpha value is -3.25. The van der Waals surface area contributed by atoms with Gasteiger partial charge in [0, 0.05) is 28.0 Å². The molecular formula is C23H17BrN2O3. The molecular weight excluding hydrogens is 432 g/mol. The van der Waals surface area contributed by atoms with Crippen molar-refractivity contribution in [2.45, 2.75) is 6.92 Å². The summed E-state index contributed by atoms with van der Waals surface area (Å²) in [7, 11) is 0. The normalized spacial score (nSPS) is 10.8. The van der Waals surface area contributed by atoms with Crippen LogP contribution in [-0.4, -0.2) is 27.7 Å². The van der Waals surface area contributed by atoms with Crippen LogP contribution in [0.4, 0.5) is 0 Å². The average molecular weight is 449 g/mol. The molecule has 29 heavy (non-hydrogen) atoms. The lowest BCUT2D eigenvalue weighted by atomic mass is 10.1. The summed E-state index contributed by atoms with van der Waals surface area (Å²) in [5, 5.41) is 0. The van der Waals surface area contributed by atoms with Gasteiger partial charge in [0.1, 0.15) is 0 Å². The molecule has 4 aromatic rings. The second kappa shape index (κ2) is 8.01. The number of fused-ring (bicyclic) bond motifs is 1. The lowest BCUT2D eigenvalue weighted by molar-refractivity contribution is 0.0529. The van der Waals surface area contributed by atoms with Crippen molar-refractivity contribution in [2.75, 3.05) is 6.61 Å². The van der Waals surface area contributed by atoms with Crippen molar-refractivity contribution in [2.24, 2.45) is 0 Å². The number of ether oxygens (including phenoxy) is 1. The number of aromatic nitrogens is 2. The van der Waals surface area contributed by atoms with Crippen molar-refractivity contribution in [1.82, 2.24) is 9.38 Å². The molecule has 0 atom stereocenters. The van der Waals surface area contributed by atoms with Crippen molar-refractivity contribution in [1.29, 1.82) is 0 Å². The fourth-order valence-electron chi connectivity index (χ4n) is 3.19. The zero-order valence-electron chi connectivity index (χ0n) is 15.6. The number of ketones is 1. The fourth-order valence-corrected chi connectivity index (χ4v) is 3.45. The van der Waals surface area contributed by atoms with Gasteiger partial charge in [-0.1, -0.05) is 22.0 Å². The SMILES string of the molecule is CCOC(=O)c1cc(C(=O)c2ccc(Br)cc2)n2ccc(-c3ccccn3)cc12. The van der Waals surface area contributed by atoms with E-state index in [1.54, 1.807) is 41.9 Å². The quantitative estimate of drug-likeness (QED) is 0.312. The van der Waals surface area contributed by atoms with Crippen LogP contribution < -0.4 is 0 Å². The van der Waals surface area contributed by atoms with Gasteiger partial charge in [-0.05, 0) is 61.5 Å². The number of rotatable bonds is 5. The number of nitrogens with zero attached hydrogens (tertiary/aromatic N) is 2. The van der Waals surface area contributed by atoms with Gasteiger partial charge in [-0.25, -0.2) is 4.79 Å². The first kappa shape index (κ1) is 19.1. The zero-order chi connectivity index (χ0) is 20.4. The maximum absolute atomic E-state index is 13.1. The summed E-state index contributed by atoms with van der Waals surface area (Å²) < 4.78 is 7.83. The highest BCUT2D eigenvalue weighted by Gasteiger charge is 2.22. The van der Waals surface area contributed by atoms with Crippen LogP contribution in [0.5, 0.6) is 0 Å². The van der Waals surface area contributed by atoms with E-state index in [4.69, 9.17) is 4.74 Å². The third-order valence-electron chi connectivity index (χ3n) is 4.57. The Morgan fingerprint density at radius 3 is 2.55 bits per heavy atom. The van der Waals surface area contributed by atoms with Crippen LogP contribution in [0.2, 0.25) is 0 Å². The Bertz CT molecular complexity index is 1200. The van der Waals surface area contributed by atoms with Crippen LogP contribution in [0.25, 0.3) is 16.8 Å². The van der Waals surface area contributed by atoms with Gasteiger partial charge in [0.05, 0.1) is 29.1 Å². The average Bonchev–Trinajstić information content (AvgIpc) is 3.13. The standard InChI is InChI=1S/C23H17BrN2O3/c1-2-29-23(28)18-14-21(22(27)15-6-8-17(24)9-7-15)26-12-10-16(13-20(18)26)19-5-3-4-11-25-19/h3-14H,2H2,1H3. The first-order valence-electron chi connectivity index (χ1n) is 9.12. The van der Waals surface area contributed by atoms with E-state index >= 15 is 0 Å². The molecule has 4 rings (SSSR count). The van der Waals surface area contributed by atoms with Crippen LogP contribution in [0.1, 0.15) is 33.3 Å². The Morgan fingerprint density at radius 1 is 1.07 bits per heavy atom. The highest BCUT2D eigenvalue weighted by atomic mass is 79.9. The van der Waals surface area contributed by atoms with E-state index in [0.717, 1.165) is 15.7 Å². The van der Waals surface area contributed by atoms with Crippen molar-refractivity contribution >= 4 is 33.2 Å². The van der Waals surface area contributed by atoms with E-state index in [2.05, 4.69) is 20.9 Å². The molecule has 0 saturated carbocycles. The lowest BCUT2D eigenvalue weighted by Crippen LogP contribution is -2.05. The van der Waals surface area contributed by atoms with Crippen molar-refractivity contribution in [3.8, 4) is 11.3 Å². The monoisotopic (exact) mass is 448 g/mol. The largest absolute Gasteiger partial charge is 0.462 e. The number of pyridine rings is 2. The van der Waals surface area contributed by atoms with E-state index in [0.29, 0.717) is 22.3 Å². The second-order valence-electron chi connectivity index (χ2n) is 6.39. The molecule has 0 aliphatic carbocycles.